The Labute approximate surface area is 158 Å². The molecule has 0 fully saturated rings. The lowest BCUT2D eigenvalue weighted by molar-refractivity contribution is 0.102. The van der Waals surface area contributed by atoms with Gasteiger partial charge in [0.2, 0.25) is 0 Å². The Morgan fingerprint density at radius 3 is 2.65 bits per heavy atom. The standard InChI is InChI=1S/C20H22ClN3O2/c1-13(22-15(3)23-14(2)21)16-7-5-9-18(11-16)24-20(25)17-8-6-10-19(12-17)26-4/h5-13,22H,3H2,1-2,4H3,(H,24,25)/b23-14+. The minimum absolute atomic E-state index is 0.0454. The molecule has 0 spiro atoms. The SMILES string of the molecule is C=C(/N=C(\C)Cl)NC(C)c1cccc(NC(=O)c2cccc(OC)c2)c1. The second-order valence-corrected chi connectivity index (χ2v) is 6.28. The molecule has 5 nitrogen and oxygen atoms in total. The van der Waals surface area contributed by atoms with E-state index in [2.05, 4.69) is 22.2 Å². The molecule has 2 aromatic rings. The Bertz CT molecular complexity index is 829. The van der Waals surface area contributed by atoms with Crippen LogP contribution in [-0.2, 0) is 0 Å². The van der Waals surface area contributed by atoms with Gasteiger partial charge in [-0.2, -0.15) is 0 Å². The topological polar surface area (TPSA) is 62.7 Å². The molecular weight excluding hydrogens is 350 g/mol. The van der Waals surface area contributed by atoms with Gasteiger partial charge in [-0.25, -0.2) is 4.99 Å². The molecular formula is C20H22ClN3O2. The molecule has 1 atom stereocenters. The van der Waals surface area contributed by atoms with Gasteiger partial charge in [0.25, 0.3) is 5.91 Å². The van der Waals surface area contributed by atoms with Crippen LogP contribution in [0.25, 0.3) is 0 Å². The number of hydrogen-bond acceptors (Lipinski definition) is 4. The summed E-state index contributed by atoms with van der Waals surface area (Å²) >= 11 is 5.76. The first-order valence-corrected chi connectivity index (χ1v) is 8.48. The molecule has 0 aliphatic heterocycles. The van der Waals surface area contributed by atoms with Crippen LogP contribution >= 0.6 is 11.6 Å². The molecule has 6 heteroatoms. The molecule has 0 saturated heterocycles. The van der Waals surface area contributed by atoms with E-state index in [-0.39, 0.29) is 11.9 Å². The van der Waals surface area contributed by atoms with E-state index in [9.17, 15) is 4.79 Å². The van der Waals surface area contributed by atoms with Crippen molar-refractivity contribution in [3.63, 3.8) is 0 Å². The highest BCUT2D eigenvalue weighted by Crippen LogP contribution is 2.20. The van der Waals surface area contributed by atoms with Gasteiger partial charge >= 0.3 is 0 Å². The average molecular weight is 372 g/mol. The van der Waals surface area contributed by atoms with Crippen LogP contribution in [0.5, 0.6) is 5.75 Å². The fourth-order valence-corrected chi connectivity index (χ4v) is 2.51. The van der Waals surface area contributed by atoms with Crippen molar-refractivity contribution in [2.75, 3.05) is 12.4 Å². The number of halogens is 1. The predicted molar refractivity (Wildman–Crippen MR) is 107 cm³/mol. The van der Waals surface area contributed by atoms with Crippen LogP contribution in [0.4, 0.5) is 5.69 Å². The number of aliphatic imine (C=N–C) groups is 1. The van der Waals surface area contributed by atoms with Crippen LogP contribution in [-0.4, -0.2) is 18.2 Å². The zero-order valence-electron chi connectivity index (χ0n) is 15.0. The third kappa shape index (κ3) is 5.63. The Morgan fingerprint density at radius 1 is 1.23 bits per heavy atom. The number of rotatable bonds is 7. The minimum Gasteiger partial charge on any atom is -0.497 e. The van der Waals surface area contributed by atoms with E-state index < -0.39 is 0 Å². The number of anilines is 1. The van der Waals surface area contributed by atoms with Crippen molar-refractivity contribution in [3.05, 3.63) is 72.1 Å². The second kappa shape index (κ2) is 9.06. The van der Waals surface area contributed by atoms with Crippen LogP contribution in [0.15, 0.2) is 65.9 Å². The Morgan fingerprint density at radius 2 is 1.96 bits per heavy atom. The van der Waals surface area contributed by atoms with Crippen molar-refractivity contribution in [1.29, 1.82) is 0 Å². The smallest absolute Gasteiger partial charge is 0.255 e. The van der Waals surface area contributed by atoms with Crippen molar-refractivity contribution in [2.24, 2.45) is 4.99 Å². The number of benzene rings is 2. The van der Waals surface area contributed by atoms with Crippen molar-refractivity contribution in [3.8, 4) is 5.75 Å². The number of nitrogens with one attached hydrogen (secondary N) is 2. The van der Waals surface area contributed by atoms with E-state index in [0.717, 1.165) is 5.56 Å². The first-order valence-electron chi connectivity index (χ1n) is 8.10. The second-order valence-electron chi connectivity index (χ2n) is 5.73. The molecule has 0 bridgehead atoms. The third-order valence-corrected chi connectivity index (χ3v) is 3.73. The summed E-state index contributed by atoms with van der Waals surface area (Å²) in [5.74, 6) is 0.919. The van der Waals surface area contributed by atoms with Crippen molar-refractivity contribution >= 4 is 28.4 Å². The summed E-state index contributed by atoms with van der Waals surface area (Å²) in [6.07, 6.45) is 0. The van der Waals surface area contributed by atoms with Gasteiger partial charge in [0.05, 0.1) is 7.11 Å². The molecule has 1 unspecified atom stereocenters. The van der Waals surface area contributed by atoms with E-state index in [4.69, 9.17) is 16.3 Å². The van der Waals surface area contributed by atoms with E-state index in [1.54, 1.807) is 38.3 Å². The highest BCUT2D eigenvalue weighted by Gasteiger charge is 2.10. The van der Waals surface area contributed by atoms with E-state index in [1.807, 2.05) is 31.2 Å². The molecule has 2 rings (SSSR count). The molecule has 0 aliphatic rings. The Hall–Kier alpha value is -2.79. The summed E-state index contributed by atoms with van der Waals surface area (Å²) in [6, 6.07) is 14.5. The normalized spacial score (nSPS) is 12.2. The van der Waals surface area contributed by atoms with Crippen LogP contribution in [0.2, 0.25) is 0 Å². The first-order chi connectivity index (χ1) is 12.4. The van der Waals surface area contributed by atoms with Crippen LogP contribution < -0.4 is 15.4 Å². The van der Waals surface area contributed by atoms with E-state index >= 15 is 0 Å². The largest absolute Gasteiger partial charge is 0.497 e. The van der Waals surface area contributed by atoms with Crippen molar-refractivity contribution in [2.45, 2.75) is 19.9 Å². The fraction of sp³-hybridized carbons (Fsp3) is 0.200. The molecule has 0 aliphatic carbocycles. The summed E-state index contributed by atoms with van der Waals surface area (Å²) in [7, 11) is 1.57. The predicted octanol–water partition coefficient (Wildman–Crippen LogP) is 4.73. The van der Waals surface area contributed by atoms with Crippen molar-refractivity contribution in [1.82, 2.24) is 5.32 Å². The van der Waals surface area contributed by atoms with Gasteiger partial charge in [-0.05, 0) is 49.7 Å². The maximum absolute atomic E-state index is 12.4. The molecule has 0 aromatic heterocycles. The lowest BCUT2D eigenvalue weighted by Crippen LogP contribution is -2.17. The fourth-order valence-electron chi connectivity index (χ4n) is 2.40. The van der Waals surface area contributed by atoms with Crippen LogP contribution in [0.1, 0.15) is 35.8 Å². The molecule has 2 aromatic carbocycles. The van der Waals surface area contributed by atoms with E-state index in [0.29, 0.717) is 28.0 Å². The number of nitrogens with zero attached hydrogens (tertiary/aromatic N) is 1. The summed E-state index contributed by atoms with van der Waals surface area (Å²) in [5, 5.41) is 6.47. The summed E-state index contributed by atoms with van der Waals surface area (Å²) < 4.78 is 5.15. The third-order valence-electron chi connectivity index (χ3n) is 3.65. The monoisotopic (exact) mass is 371 g/mol. The zero-order chi connectivity index (χ0) is 19.1. The molecule has 26 heavy (non-hydrogen) atoms. The maximum atomic E-state index is 12.4. The Kier molecular flexibility index (Phi) is 6.81. The average Bonchev–Trinajstić information content (AvgIpc) is 2.61. The van der Waals surface area contributed by atoms with Gasteiger partial charge in [-0.15, -0.1) is 0 Å². The quantitative estimate of drug-likeness (QED) is 0.692. The first kappa shape index (κ1) is 19.5. The number of carbonyl (C=O) groups excluding carboxylic acids is 1. The maximum Gasteiger partial charge on any atom is 0.255 e. The van der Waals surface area contributed by atoms with Gasteiger partial charge < -0.3 is 15.4 Å². The summed E-state index contributed by atoms with van der Waals surface area (Å²) in [4.78, 5) is 16.5. The number of hydrogen-bond donors (Lipinski definition) is 2. The van der Waals surface area contributed by atoms with Gasteiger partial charge in [0.15, 0.2) is 0 Å². The van der Waals surface area contributed by atoms with Gasteiger partial charge in [0, 0.05) is 17.3 Å². The summed E-state index contributed by atoms with van der Waals surface area (Å²) in [6.45, 7) is 7.49. The van der Waals surface area contributed by atoms with Gasteiger partial charge in [-0.3, -0.25) is 4.79 Å². The molecule has 0 saturated carbocycles. The molecule has 1 amide bonds. The molecule has 2 N–H and O–H groups in total. The number of amides is 1. The summed E-state index contributed by atoms with van der Waals surface area (Å²) in [5.41, 5.74) is 2.21. The molecule has 0 radical (unpaired) electrons. The van der Waals surface area contributed by atoms with Crippen LogP contribution in [0, 0.1) is 0 Å². The molecule has 0 heterocycles. The van der Waals surface area contributed by atoms with Crippen LogP contribution in [0.3, 0.4) is 0 Å². The number of ether oxygens (including phenoxy) is 1. The minimum atomic E-state index is -0.201. The lowest BCUT2D eigenvalue weighted by Gasteiger charge is -2.16. The number of methoxy groups -OCH3 is 1. The molecule has 136 valence electrons. The van der Waals surface area contributed by atoms with Gasteiger partial charge in [0.1, 0.15) is 16.7 Å². The van der Waals surface area contributed by atoms with E-state index in [1.165, 1.54) is 0 Å². The van der Waals surface area contributed by atoms with Crippen molar-refractivity contribution < 1.29 is 9.53 Å². The highest BCUT2D eigenvalue weighted by molar-refractivity contribution is 6.64. The highest BCUT2D eigenvalue weighted by atomic mass is 35.5. The number of carbonyl (C=O) groups is 1. The zero-order valence-corrected chi connectivity index (χ0v) is 15.8. The lowest BCUT2D eigenvalue weighted by atomic mass is 10.1. The van der Waals surface area contributed by atoms with Gasteiger partial charge in [-0.1, -0.05) is 36.4 Å². The Balaban J connectivity index is 2.09.